The van der Waals surface area contributed by atoms with E-state index in [0.29, 0.717) is 25.9 Å². The predicted molar refractivity (Wildman–Crippen MR) is 130 cm³/mol. The Morgan fingerprint density at radius 1 is 0.970 bits per heavy atom. The van der Waals surface area contributed by atoms with Crippen molar-refractivity contribution in [1.29, 1.82) is 0 Å². The number of carboxylic acid groups (broad SMARTS) is 1. The number of ether oxygens (including phenoxy) is 2. The number of hydrogen-bond acceptors (Lipinski definition) is 4. The molecule has 0 unspecified atom stereocenters. The van der Waals surface area contributed by atoms with Gasteiger partial charge in [0.1, 0.15) is 11.5 Å². The maximum atomic E-state index is 12.7. The summed E-state index contributed by atoms with van der Waals surface area (Å²) in [5, 5.41) is 10.4. The van der Waals surface area contributed by atoms with E-state index in [1.807, 2.05) is 60.7 Å². The lowest BCUT2D eigenvalue weighted by atomic mass is 9.74. The number of carbonyl (C=O) groups is 1. The molecule has 4 rings (SSSR count). The van der Waals surface area contributed by atoms with Crippen LogP contribution in [0.3, 0.4) is 0 Å². The van der Waals surface area contributed by atoms with Gasteiger partial charge < -0.3 is 14.6 Å². The Labute approximate surface area is 195 Å². The van der Waals surface area contributed by atoms with Crippen molar-refractivity contribution in [2.24, 2.45) is 5.41 Å². The SMILES string of the molecule is COc1cccc(CN2CCC[C@](Cc3ccccc3-c3ccccc3OC)(C(=O)O)C2)c1. The van der Waals surface area contributed by atoms with E-state index in [9.17, 15) is 9.90 Å². The molecule has 0 spiro atoms. The van der Waals surface area contributed by atoms with Gasteiger partial charge in [-0.15, -0.1) is 0 Å². The summed E-state index contributed by atoms with van der Waals surface area (Å²) in [6.45, 7) is 2.11. The monoisotopic (exact) mass is 445 g/mol. The molecule has 0 aliphatic carbocycles. The maximum absolute atomic E-state index is 12.7. The number of likely N-dealkylation sites (tertiary alicyclic amines) is 1. The lowest BCUT2D eigenvalue weighted by Gasteiger charge is -2.40. The van der Waals surface area contributed by atoms with Gasteiger partial charge in [0.2, 0.25) is 0 Å². The first-order chi connectivity index (χ1) is 16.0. The molecule has 1 saturated heterocycles. The Hall–Kier alpha value is -3.31. The Balaban J connectivity index is 1.62. The molecular weight excluding hydrogens is 414 g/mol. The van der Waals surface area contributed by atoms with Gasteiger partial charge in [-0.1, -0.05) is 54.6 Å². The topological polar surface area (TPSA) is 59.0 Å². The zero-order valence-corrected chi connectivity index (χ0v) is 19.3. The molecule has 33 heavy (non-hydrogen) atoms. The second kappa shape index (κ2) is 10.1. The minimum atomic E-state index is -0.838. The van der Waals surface area contributed by atoms with Crippen LogP contribution in [-0.2, 0) is 17.8 Å². The minimum absolute atomic E-state index is 0.477. The predicted octanol–water partition coefficient (Wildman–Crippen LogP) is 5.28. The number of nitrogens with zero attached hydrogens (tertiary/aromatic N) is 1. The molecule has 1 aliphatic heterocycles. The lowest BCUT2D eigenvalue weighted by Crippen LogP contribution is -2.48. The van der Waals surface area contributed by atoms with Crippen LogP contribution in [0.2, 0.25) is 0 Å². The van der Waals surface area contributed by atoms with Crippen LogP contribution in [0.5, 0.6) is 11.5 Å². The minimum Gasteiger partial charge on any atom is -0.497 e. The second-order valence-electron chi connectivity index (χ2n) is 8.79. The molecule has 1 atom stereocenters. The molecule has 1 N–H and O–H groups in total. The smallest absolute Gasteiger partial charge is 0.311 e. The molecule has 1 fully saturated rings. The molecule has 1 heterocycles. The van der Waals surface area contributed by atoms with Crippen molar-refractivity contribution in [3.63, 3.8) is 0 Å². The molecule has 0 saturated carbocycles. The molecule has 172 valence electrons. The molecule has 3 aromatic rings. The Bertz CT molecular complexity index is 1110. The van der Waals surface area contributed by atoms with Crippen LogP contribution in [0, 0.1) is 5.41 Å². The average Bonchev–Trinajstić information content (AvgIpc) is 2.84. The number of carboxylic acids is 1. The summed E-state index contributed by atoms with van der Waals surface area (Å²) in [6, 6.07) is 24.0. The Kier molecular flexibility index (Phi) is 6.99. The number of aliphatic carboxylic acids is 1. The zero-order valence-electron chi connectivity index (χ0n) is 19.3. The fraction of sp³-hybridized carbons (Fsp3) is 0.321. The van der Waals surface area contributed by atoms with Crippen molar-refractivity contribution in [1.82, 2.24) is 4.90 Å². The maximum Gasteiger partial charge on any atom is 0.311 e. The van der Waals surface area contributed by atoms with Crippen LogP contribution in [0.1, 0.15) is 24.0 Å². The van der Waals surface area contributed by atoms with Crippen LogP contribution in [0.15, 0.2) is 72.8 Å². The summed E-state index contributed by atoms with van der Waals surface area (Å²) in [4.78, 5) is 14.9. The van der Waals surface area contributed by atoms with E-state index in [1.54, 1.807) is 14.2 Å². The normalized spacial score (nSPS) is 18.6. The van der Waals surface area contributed by atoms with Crippen molar-refractivity contribution in [2.45, 2.75) is 25.8 Å². The highest BCUT2D eigenvalue weighted by molar-refractivity contribution is 5.78. The third-order valence-electron chi connectivity index (χ3n) is 6.59. The number of rotatable bonds is 8. The first kappa shape index (κ1) is 22.9. The number of methoxy groups -OCH3 is 2. The largest absolute Gasteiger partial charge is 0.497 e. The van der Waals surface area contributed by atoms with Crippen molar-refractivity contribution in [2.75, 3.05) is 27.3 Å². The van der Waals surface area contributed by atoms with Gasteiger partial charge in [-0.2, -0.15) is 0 Å². The van der Waals surface area contributed by atoms with E-state index < -0.39 is 11.4 Å². The van der Waals surface area contributed by atoms with Crippen molar-refractivity contribution in [3.8, 4) is 22.6 Å². The van der Waals surface area contributed by atoms with E-state index in [-0.39, 0.29) is 0 Å². The van der Waals surface area contributed by atoms with Gasteiger partial charge in [0.05, 0.1) is 19.6 Å². The molecule has 0 radical (unpaired) electrons. The van der Waals surface area contributed by atoms with Crippen LogP contribution >= 0.6 is 0 Å². The molecular formula is C28H31NO4. The summed E-state index contributed by atoms with van der Waals surface area (Å²) in [5.74, 6) is 0.880. The summed E-state index contributed by atoms with van der Waals surface area (Å²) >= 11 is 0. The fourth-order valence-corrected chi connectivity index (χ4v) is 4.95. The number of para-hydroxylation sites is 1. The van der Waals surface area contributed by atoms with Crippen molar-refractivity contribution in [3.05, 3.63) is 83.9 Å². The van der Waals surface area contributed by atoms with Gasteiger partial charge in [-0.25, -0.2) is 0 Å². The van der Waals surface area contributed by atoms with E-state index in [4.69, 9.17) is 9.47 Å². The van der Waals surface area contributed by atoms with Crippen LogP contribution in [-0.4, -0.2) is 43.3 Å². The van der Waals surface area contributed by atoms with E-state index in [2.05, 4.69) is 17.0 Å². The highest BCUT2D eigenvalue weighted by Gasteiger charge is 2.42. The third kappa shape index (κ3) is 5.04. The summed E-state index contributed by atoms with van der Waals surface area (Å²) in [6.07, 6.45) is 2.00. The Morgan fingerprint density at radius 3 is 2.48 bits per heavy atom. The first-order valence-electron chi connectivity index (χ1n) is 11.3. The van der Waals surface area contributed by atoms with E-state index in [1.165, 1.54) is 0 Å². The van der Waals surface area contributed by atoms with Crippen LogP contribution in [0.25, 0.3) is 11.1 Å². The highest BCUT2D eigenvalue weighted by Crippen LogP contribution is 2.39. The van der Waals surface area contributed by atoms with E-state index in [0.717, 1.165) is 46.7 Å². The van der Waals surface area contributed by atoms with Gasteiger partial charge in [-0.3, -0.25) is 9.69 Å². The fourth-order valence-electron chi connectivity index (χ4n) is 4.95. The standard InChI is InChI=1S/C28H31NO4/c1-32-23-11-7-9-21(17-23)19-29-16-8-15-28(20-29,27(30)31)18-22-10-3-4-12-24(22)25-13-5-6-14-26(25)33-2/h3-7,9-14,17H,8,15-16,18-20H2,1-2H3,(H,30,31)/t28-/m1/s1. The van der Waals surface area contributed by atoms with Gasteiger partial charge in [0, 0.05) is 18.7 Å². The van der Waals surface area contributed by atoms with Crippen LogP contribution in [0.4, 0.5) is 0 Å². The molecule has 5 heteroatoms. The summed E-state index contributed by atoms with van der Waals surface area (Å²) < 4.78 is 10.9. The summed E-state index contributed by atoms with van der Waals surface area (Å²) in [7, 11) is 3.33. The second-order valence-corrected chi connectivity index (χ2v) is 8.79. The molecule has 5 nitrogen and oxygen atoms in total. The Morgan fingerprint density at radius 2 is 1.73 bits per heavy atom. The molecule has 0 amide bonds. The highest BCUT2D eigenvalue weighted by atomic mass is 16.5. The molecule has 3 aromatic carbocycles. The van der Waals surface area contributed by atoms with Gasteiger partial charge >= 0.3 is 5.97 Å². The van der Waals surface area contributed by atoms with Crippen molar-refractivity contribution >= 4 is 5.97 Å². The first-order valence-corrected chi connectivity index (χ1v) is 11.3. The average molecular weight is 446 g/mol. The molecule has 0 aromatic heterocycles. The van der Waals surface area contributed by atoms with Crippen LogP contribution < -0.4 is 9.47 Å². The third-order valence-corrected chi connectivity index (χ3v) is 6.59. The quantitative estimate of drug-likeness (QED) is 0.511. The summed E-state index contributed by atoms with van der Waals surface area (Å²) in [5.41, 5.74) is 3.34. The van der Waals surface area contributed by atoms with Crippen molar-refractivity contribution < 1.29 is 19.4 Å². The number of piperidine rings is 1. The number of hydrogen-bond donors (Lipinski definition) is 1. The van der Waals surface area contributed by atoms with E-state index >= 15 is 0 Å². The van der Waals surface area contributed by atoms with Gasteiger partial charge in [0.15, 0.2) is 0 Å². The molecule has 0 bridgehead atoms. The lowest BCUT2D eigenvalue weighted by molar-refractivity contribution is -0.152. The van der Waals surface area contributed by atoms with Gasteiger partial charge in [0.25, 0.3) is 0 Å². The number of benzene rings is 3. The zero-order chi connectivity index (χ0) is 23.3. The van der Waals surface area contributed by atoms with Gasteiger partial charge in [-0.05, 0) is 60.7 Å². The molecule has 1 aliphatic rings.